The lowest BCUT2D eigenvalue weighted by molar-refractivity contribution is 0.583. The lowest BCUT2D eigenvalue weighted by Crippen LogP contribution is -2.23. The Hall–Kier alpha value is -1.86. The molecule has 0 aromatic heterocycles. The number of benzene rings is 2. The van der Waals surface area contributed by atoms with E-state index < -0.39 is 10.0 Å². The van der Waals surface area contributed by atoms with Gasteiger partial charge in [-0.2, -0.15) is 18.4 Å². The largest absolute Gasteiger partial charge is 0.276 e. The SMILES string of the molecule is Cc1ccc(C)c(S(=O)(=O)NN=C2CCSc3c(F)cccc32)c1. The topological polar surface area (TPSA) is 58.5 Å². The van der Waals surface area contributed by atoms with E-state index in [-0.39, 0.29) is 10.7 Å². The first-order valence-corrected chi connectivity index (χ1v) is 9.92. The number of halogens is 1. The fourth-order valence-electron chi connectivity index (χ4n) is 2.54. The molecule has 2 aromatic rings. The molecule has 4 nitrogen and oxygen atoms in total. The van der Waals surface area contributed by atoms with Crippen LogP contribution < -0.4 is 4.83 Å². The Labute approximate surface area is 145 Å². The third-order valence-corrected chi connectivity index (χ3v) is 6.26. The quantitative estimate of drug-likeness (QED) is 0.846. The van der Waals surface area contributed by atoms with Crippen LogP contribution in [-0.2, 0) is 10.0 Å². The summed E-state index contributed by atoms with van der Waals surface area (Å²) < 4.78 is 38.9. The predicted molar refractivity (Wildman–Crippen MR) is 94.5 cm³/mol. The van der Waals surface area contributed by atoms with E-state index in [0.717, 1.165) is 5.56 Å². The second-order valence-electron chi connectivity index (χ2n) is 5.64. The van der Waals surface area contributed by atoms with Crippen molar-refractivity contribution in [2.75, 3.05) is 5.75 Å². The molecule has 0 saturated carbocycles. The smallest absolute Gasteiger partial charge is 0.206 e. The van der Waals surface area contributed by atoms with Crippen LogP contribution in [0, 0.1) is 19.7 Å². The highest BCUT2D eigenvalue weighted by atomic mass is 32.2. The number of sulfonamides is 1. The Bertz CT molecular complexity index is 924. The van der Waals surface area contributed by atoms with Gasteiger partial charge in [-0.25, -0.2) is 4.39 Å². The maximum Gasteiger partial charge on any atom is 0.276 e. The molecule has 0 saturated heterocycles. The van der Waals surface area contributed by atoms with E-state index in [4.69, 9.17) is 0 Å². The summed E-state index contributed by atoms with van der Waals surface area (Å²) in [5.41, 5.74) is 2.71. The second-order valence-corrected chi connectivity index (χ2v) is 8.37. The van der Waals surface area contributed by atoms with Crippen LogP contribution in [0.2, 0.25) is 0 Å². The van der Waals surface area contributed by atoms with Gasteiger partial charge in [-0.05, 0) is 37.1 Å². The minimum absolute atomic E-state index is 0.205. The van der Waals surface area contributed by atoms with Crippen LogP contribution in [0.15, 0.2) is 51.3 Å². The summed E-state index contributed by atoms with van der Waals surface area (Å²) in [5.74, 6) is 0.361. The zero-order valence-corrected chi connectivity index (χ0v) is 15.0. The monoisotopic (exact) mass is 364 g/mol. The Kier molecular flexibility index (Phi) is 4.64. The Balaban J connectivity index is 1.94. The lowest BCUT2D eigenvalue weighted by atomic mass is 10.1. The number of nitrogens with zero attached hydrogens (tertiary/aromatic N) is 1. The Morgan fingerprint density at radius 1 is 1.21 bits per heavy atom. The van der Waals surface area contributed by atoms with Gasteiger partial charge >= 0.3 is 0 Å². The molecule has 0 unspecified atom stereocenters. The highest BCUT2D eigenvalue weighted by Crippen LogP contribution is 2.32. The third kappa shape index (κ3) is 3.32. The van der Waals surface area contributed by atoms with Crippen molar-refractivity contribution in [3.05, 3.63) is 58.9 Å². The van der Waals surface area contributed by atoms with Gasteiger partial charge in [-0.3, -0.25) is 0 Å². The standard InChI is InChI=1S/C17H17FN2O2S2/c1-11-6-7-12(2)16(10-11)24(21,22)20-19-15-8-9-23-17-13(15)4-3-5-14(17)18/h3-7,10,20H,8-9H2,1-2H3. The molecule has 2 aromatic carbocycles. The van der Waals surface area contributed by atoms with Crippen molar-refractivity contribution in [3.8, 4) is 0 Å². The van der Waals surface area contributed by atoms with Crippen LogP contribution in [0.1, 0.15) is 23.1 Å². The molecule has 0 bridgehead atoms. The molecule has 0 spiro atoms. The molecule has 3 rings (SSSR count). The van der Waals surface area contributed by atoms with E-state index >= 15 is 0 Å². The van der Waals surface area contributed by atoms with Gasteiger partial charge in [0.15, 0.2) is 0 Å². The van der Waals surface area contributed by atoms with Gasteiger partial charge in [0.25, 0.3) is 10.0 Å². The summed E-state index contributed by atoms with van der Waals surface area (Å²) in [7, 11) is -3.76. The minimum atomic E-state index is -3.76. The number of hydrazone groups is 1. The van der Waals surface area contributed by atoms with Gasteiger partial charge in [-0.15, -0.1) is 11.8 Å². The molecule has 1 aliphatic heterocycles. The van der Waals surface area contributed by atoms with Crippen molar-refractivity contribution in [3.63, 3.8) is 0 Å². The van der Waals surface area contributed by atoms with Crippen LogP contribution in [0.25, 0.3) is 0 Å². The van der Waals surface area contributed by atoms with Gasteiger partial charge in [0.2, 0.25) is 0 Å². The molecule has 0 amide bonds. The first kappa shape index (κ1) is 17.0. The molecule has 0 fully saturated rings. The van der Waals surface area contributed by atoms with Crippen LogP contribution >= 0.6 is 11.8 Å². The van der Waals surface area contributed by atoms with E-state index in [0.29, 0.717) is 33.9 Å². The van der Waals surface area contributed by atoms with E-state index in [1.165, 1.54) is 17.8 Å². The number of hydrogen-bond donors (Lipinski definition) is 1. The first-order valence-electron chi connectivity index (χ1n) is 7.46. The number of hydrogen-bond acceptors (Lipinski definition) is 4. The molecule has 1 heterocycles. The minimum Gasteiger partial charge on any atom is -0.206 e. The van der Waals surface area contributed by atoms with E-state index in [1.54, 1.807) is 31.2 Å². The van der Waals surface area contributed by atoms with Crippen molar-refractivity contribution >= 4 is 27.5 Å². The molecular formula is C17H17FN2O2S2. The normalized spacial score (nSPS) is 16.0. The fraction of sp³-hybridized carbons (Fsp3) is 0.235. The maximum absolute atomic E-state index is 13.9. The van der Waals surface area contributed by atoms with Crippen molar-refractivity contribution in [2.45, 2.75) is 30.1 Å². The van der Waals surface area contributed by atoms with E-state index in [1.807, 2.05) is 13.0 Å². The van der Waals surface area contributed by atoms with Crippen LogP contribution in [0.5, 0.6) is 0 Å². The summed E-state index contributed by atoms with van der Waals surface area (Å²) in [6.07, 6.45) is 0.580. The fourth-order valence-corrected chi connectivity index (χ4v) is 4.75. The molecule has 1 aliphatic rings. The predicted octanol–water partition coefficient (Wildman–Crippen LogP) is 3.62. The Morgan fingerprint density at radius 2 is 2.00 bits per heavy atom. The lowest BCUT2D eigenvalue weighted by Gasteiger charge is -2.18. The number of thioether (sulfide) groups is 1. The zero-order chi connectivity index (χ0) is 17.3. The number of nitrogens with one attached hydrogen (secondary N) is 1. The number of fused-ring (bicyclic) bond motifs is 1. The van der Waals surface area contributed by atoms with Crippen molar-refractivity contribution < 1.29 is 12.8 Å². The van der Waals surface area contributed by atoms with Crippen LogP contribution in [0.3, 0.4) is 0 Å². The van der Waals surface area contributed by atoms with Gasteiger partial charge < -0.3 is 0 Å². The van der Waals surface area contributed by atoms with Gasteiger partial charge in [0, 0.05) is 17.7 Å². The van der Waals surface area contributed by atoms with Crippen LogP contribution in [0.4, 0.5) is 4.39 Å². The van der Waals surface area contributed by atoms with E-state index in [2.05, 4.69) is 9.93 Å². The number of aryl methyl sites for hydroxylation is 2. The second kappa shape index (κ2) is 6.57. The summed E-state index contributed by atoms with van der Waals surface area (Å²) in [6.45, 7) is 3.57. The maximum atomic E-state index is 13.9. The zero-order valence-electron chi connectivity index (χ0n) is 13.3. The van der Waals surface area contributed by atoms with E-state index in [9.17, 15) is 12.8 Å². The summed E-state index contributed by atoms with van der Waals surface area (Å²) in [4.78, 5) is 3.03. The summed E-state index contributed by atoms with van der Waals surface area (Å²) in [6, 6.07) is 10.00. The number of rotatable bonds is 3. The first-order chi connectivity index (χ1) is 11.4. The van der Waals surface area contributed by atoms with Crippen molar-refractivity contribution in [1.29, 1.82) is 0 Å². The van der Waals surface area contributed by atoms with Gasteiger partial charge in [0.05, 0.1) is 15.5 Å². The highest BCUT2D eigenvalue weighted by Gasteiger charge is 2.21. The molecular weight excluding hydrogens is 347 g/mol. The molecule has 1 N–H and O–H groups in total. The van der Waals surface area contributed by atoms with Gasteiger partial charge in [-0.1, -0.05) is 24.3 Å². The molecule has 0 radical (unpaired) electrons. The van der Waals surface area contributed by atoms with Crippen molar-refractivity contribution in [2.24, 2.45) is 5.10 Å². The molecule has 126 valence electrons. The Morgan fingerprint density at radius 3 is 2.79 bits per heavy atom. The molecule has 0 atom stereocenters. The third-order valence-electron chi connectivity index (χ3n) is 3.80. The van der Waals surface area contributed by atoms with Crippen LogP contribution in [-0.4, -0.2) is 19.9 Å². The molecule has 24 heavy (non-hydrogen) atoms. The molecule has 7 heteroatoms. The summed E-state index contributed by atoms with van der Waals surface area (Å²) in [5, 5.41) is 4.08. The van der Waals surface area contributed by atoms with Crippen molar-refractivity contribution in [1.82, 2.24) is 4.83 Å². The van der Waals surface area contributed by atoms with Gasteiger partial charge in [0.1, 0.15) is 5.82 Å². The summed E-state index contributed by atoms with van der Waals surface area (Å²) >= 11 is 1.42. The molecule has 0 aliphatic carbocycles. The highest BCUT2D eigenvalue weighted by molar-refractivity contribution is 7.99. The average molecular weight is 364 g/mol. The average Bonchev–Trinajstić information content (AvgIpc) is 2.55.